The van der Waals surface area contributed by atoms with Gasteiger partial charge in [0.2, 0.25) is 0 Å². The first-order valence-corrected chi connectivity index (χ1v) is 11.7. The smallest absolute Gasteiger partial charge is 0.261 e. The van der Waals surface area contributed by atoms with Crippen molar-refractivity contribution < 1.29 is 23.1 Å². The highest BCUT2D eigenvalue weighted by Gasteiger charge is 2.33. The Morgan fingerprint density at radius 2 is 1.94 bits per heavy atom. The molecule has 3 atom stereocenters. The molecule has 0 saturated carbocycles. The number of carbonyl (C=O) groups is 1. The number of fused-ring (bicyclic) bond motifs is 1. The largest absolute Gasteiger partial charge is 0.488 e. The third kappa shape index (κ3) is 5.17. The molecule has 9 heteroatoms. The molecule has 1 aliphatic heterocycles. The van der Waals surface area contributed by atoms with Crippen molar-refractivity contribution in [1.29, 1.82) is 0 Å². The van der Waals surface area contributed by atoms with Crippen molar-refractivity contribution in [3.05, 3.63) is 54.1 Å². The third-order valence-corrected chi connectivity index (χ3v) is 6.77. The Hall–Kier alpha value is -2.62. The number of likely N-dealkylation sites (N-methyl/N-ethyl adjacent to an activating group) is 1. The van der Waals surface area contributed by atoms with Crippen molar-refractivity contribution in [3.63, 3.8) is 0 Å². The van der Waals surface area contributed by atoms with Crippen LogP contribution in [-0.2, 0) is 10.0 Å². The molecule has 2 aromatic rings. The number of sulfonamides is 1. The summed E-state index contributed by atoms with van der Waals surface area (Å²) in [6.07, 6.45) is -0.197. The van der Waals surface area contributed by atoms with E-state index in [1.54, 1.807) is 42.2 Å². The van der Waals surface area contributed by atoms with Gasteiger partial charge in [0.1, 0.15) is 11.9 Å². The van der Waals surface area contributed by atoms with Gasteiger partial charge in [0.05, 0.1) is 23.1 Å². The summed E-state index contributed by atoms with van der Waals surface area (Å²) in [5.74, 6) is 0.0940. The minimum Gasteiger partial charge on any atom is -0.488 e. The fourth-order valence-corrected chi connectivity index (χ4v) is 4.62. The Labute approximate surface area is 183 Å². The maximum absolute atomic E-state index is 13.3. The summed E-state index contributed by atoms with van der Waals surface area (Å²) >= 11 is 0. The molecule has 0 bridgehead atoms. The molecule has 0 aromatic heterocycles. The van der Waals surface area contributed by atoms with Crippen LogP contribution < -0.4 is 14.8 Å². The molecule has 168 valence electrons. The molecule has 0 radical (unpaired) electrons. The second-order valence-corrected chi connectivity index (χ2v) is 9.49. The molecule has 1 amide bonds. The van der Waals surface area contributed by atoms with Gasteiger partial charge >= 0.3 is 0 Å². The van der Waals surface area contributed by atoms with E-state index >= 15 is 0 Å². The maximum atomic E-state index is 13.3. The van der Waals surface area contributed by atoms with E-state index in [9.17, 15) is 18.3 Å². The molecular weight excluding hydrogens is 418 g/mol. The summed E-state index contributed by atoms with van der Waals surface area (Å²) in [7, 11) is -1.97. The van der Waals surface area contributed by atoms with E-state index in [1.165, 1.54) is 18.2 Å². The normalized spacial score (nSPS) is 20.3. The van der Waals surface area contributed by atoms with Crippen LogP contribution >= 0.6 is 0 Å². The molecular formula is C22H29N3O5S. The van der Waals surface area contributed by atoms with E-state index in [4.69, 9.17) is 4.74 Å². The number of aliphatic hydroxyl groups excluding tert-OH is 1. The van der Waals surface area contributed by atoms with Crippen molar-refractivity contribution in [2.24, 2.45) is 5.92 Å². The number of aliphatic hydroxyl groups is 1. The molecule has 3 N–H and O–H groups in total. The van der Waals surface area contributed by atoms with Crippen molar-refractivity contribution >= 4 is 21.6 Å². The van der Waals surface area contributed by atoms with Gasteiger partial charge in [-0.25, -0.2) is 8.42 Å². The summed E-state index contributed by atoms with van der Waals surface area (Å²) in [4.78, 5) is 15.1. The van der Waals surface area contributed by atoms with Gasteiger partial charge in [-0.05, 0) is 44.3 Å². The van der Waals surface area contributed by atoms with Crippen molar-refractivity contribution in [2.75, 3.05) is 31.5 Å². The lowest BCUT2D eigenvalue weighted by Gasteiger charge is -2.37. The first kappa shape index (κ1) is 23.1. The number of amides is 1. The van der Waals surface area contributed by atoms with E-state index in [2.05, 4.69) is 10.0 Å². The van der Waals surface area contributed by atoms with Crippen LogP contribution in [0.4, 0.5) is 5.69 Å². The molecule has 0 fully saturated rings. The maximum Gasteiger partial charge on any atom is 0.261 e. The van der Waals surface area contributed by atoms with Gasteiger partial charge in [-0.3, -0.25) is 9.52 Å². The van der Waals surface area contributed by atoms with Gasteiger partial charge in [0.15, 0.2) is 0 Å². The molecule has 8 nitrogen and oxygen atoms in total. The fraction of sp³-hybridized carbons (Fsp3) is 0.409. The highest BCUT2D eigenvalue weighted by Crippen LogP contribution is 2.31. The zero-order valence-electron chi connectivity index (χ0n) is 17.9. The highest BCUT2D eigenvalue weighted by atomic mass is 32.2. The number of nitrogens with zero attached hydrogens (tertiary/aromatic N) is 1. The Morgan fingerprint density at radius 3 is 2.58 bits per heavy atom. The second-order valence-electron chi connectivity index (χ2n) is 7.81. The summed E-state index contributed by atoms with van der Waals surface area (Å²) in [5.41, 5.74) is 0.511. The number of benzene rings is 2. The molecule has 31 heavy (non-hydrogen) atoms. The lowest BCUT2D eigenvalue weighted by Crippen LogP contribution is -2.49. The van der Waals surface area contributed by atoms with Crippen molar-refractivity contribution in [1.82, 2.24) is 10.2 Å². The summed E-state index contributed by atoms with van der Waals surface area (Å²) in [5, 5.41) is 12.8. The van der Waals surface area contributed by atoms with Crippen LogP contribution in [0.15, 0.2) is 53.4 Å². The standard InChI is InChI=1S/C22H29N3O5S/c1-15-13-25(16(2)14-26)22(27)19-11-17(9-10-20(19)30-21(15)12-23-3)24-31(28,29)18-7-5-4-6-8-18/h4-11,15-16,21,23-24,26H,12-14H2,1-3H3/t15-,16+,21-/m1/s1. The van der Waals surface area contributed by atoms with Gasteiger partial charge in [-0.15, -0.1) is 0 Å². The first-order chi connectivity index (χ1) is 14.8. The third-order valence-electron chi connectivity index (χ3n) is 5.38. The summed E-state index contributed by atoms with van der Waals surface area (Å²) in [6.45, 7) is 4.60. The second kappa shape index (κ2) is 9.67. The van der Waals surface area contributed by atoms with Crippen molar-refractivity contribution in [3.8, 4) is 5.75 Å². The van der Waals surface area contributed by atoms with Gasteiger partial charge < -0.3 is 20.1 Å². The van der Waals surface area contributed by atoms with Gasteiger partial charge in [-0.2, -0.15) is 0 Å². The minimum absolute atomic E-state index is 0.0230. The molecule has 1 heterocycles. The molecule has 2 aromatic carbocycles. The fourth-order valence-electron chi connectivity index (χ4n) is 3.54. The molecule has 0 aliphatic carbocycles. The Kier molecular flexibility index (Phi) is 7.19. The molecule has 0 spiro atoms. The molecule has 3 rings (SSSR count). The van der Waals surface area contributed by atoms with Crippen LogP contribution in [0, 0.1) is 5.92 Å². The first-order valence-electron chi connectivity index (χ1n) is 10.2. The van der Waals surface area contributed by atoms with Crippen LogP contribution in [0.3, 0.4) is 0 Å². The van der Waals surface area contributed by atoms with Crippen LogP contribution in [0.5, 0.6) is 5.75 Å². The van der Waals surface area contributed by atoms with E-state index < -0.39 is 10.0 Å². The van der Waals surface area contributed by atoms with Gasteiger partial charge in [0, 0.05) is 24.7 Å². The Balaban J connectivity index is 2.00. The van der Waals surface area contributed by atoms with Crippen LogP contribution in [0.25, 0.3) is 0 Å². The lowest BCUT2D eigenvalue weighted by molar-refractivity contribution is 0.0416. The van der Waals surface area contributed by atoms with Gasteiger partial charge in [0.25, 0.3) is 15.9 Å². The Bertz CT molecular complexity index is 1010. The number of anilines is 1. The molecule has 0 saturated heterocycles. The number of hydrogen-bond donors (Lipinski definition) is 3. The van der Waals surface area contributed by atoms with E-state index in [-0.39, 0.29) is 46.7 Å². The van der Waals surface area contributed by atoms with E-state index in [1.807, 2.05) is 14.0 Å². The van der Waals surface area contributed by atoms with Crippen LogP contribution in [0.1, 0.15) is 24.2 Å². The topological polar surface area (TPSA) is 108 Å². The predicted octanol–water partition coefficient (Wildman–Crippen LogP) is 1.93. The number of hydrogen-bond acceptors (Lipinski definition) is 6. The zero-order chi connectivity index (χ0) is 22.6. The lowest BCUT2D eigenvalue weighted by atomic mass is 9.99. The highest BCUT2D eigenvalue weighted by molar-refractivity contribution is 7.92. The predicted molar refractivity (Wildman–Crippen MR) is 119 cm³/mol. The number of nitrogens with one attached hydrogen (secondary N) is 2. The number of ether oxygens (including phenoxy) is 1. The molecule has 1 aliphatic rings. The summed E-state index contributed by atoms with van der Waals surface area (Å²) < 4.78 is 34.1. The quantitative estimate of drug-likeness (QED) is 0.599. The van der Waals surface area contributed by atoms with Crippen molar-refractivity contribution in [2.45, 2.75) is 30.9 Å². The summed E-state index contributed by atoms with van der Waals surface area (Å²) in [6, 6.07) is 12.3. The molecule has 0 unspecified atom stereocenters. The SMILES string of the molecule is CNC[C@H]1Oc2ccc(NS(=O)(=O)c3ccccc3)cc2C(=O)N([C@@H](C)CO)C[C@H]1C. The van der Waals surface area contributed by atoms with E-state index in [0.29, 0.717) is 18.8 Å². The monoisotopic (exact) mass is 447 g/mol. The van der Waals surface area contributed by atoms with E-state index in [0.717, 1.165) is 0 Å². The van der Waals surface area contributed by atoms with Crippen LogP contribution in [0.2, 0.25) is 0 Å². The number of carbonyl (C=O) groups excluding carboxylic acids is 1. The minimum atomic E-state index is -3.80. The van der Waals surface area contributed by atoms with Gasteiger partial charge in [-0.1, -0.05) is 25.1 Å². The number of rotatable bonds is 7. The van der Waals surface area contributed by atoms with Crippen LogP contribution in [-0.4, -0.2) is 63.2 Å². The average Bonchev–Trinajstić information content (AvgIpc) is 2.76. The Morgan fingerprint density at radius 1 is 1.23 bits per heavy atom. The zero-order valence-corrected chi connectivity index (χ0v) is 18.7. The average molecular weight is 448 g/mol.